The van der Waals surface area contributed by atoms with Gasteiger partial charge in [0.2, 0.25) is 5.91 Å². The van der Waals surface area contributed by atoms with Crippen molar-refractivity contribution in [3.8, 4) is 0 Å². The summed E-state index contributed by atoms with van der Waals surface area (Å²) in [5.41, 5.74) is -0.128. The van der Waals surface area contributed by atoms with Gasteiger partial charge in [-0.1, -0.05) is 30.3 Å². The Morgan fingerprint density at radius 3 is 2.80 bits per heavy atom. The van der Waals surface area contributed by atoms with E-state index in [1.54, 1.807) is 12.0 Å². The van der Waals surface area contributed by atoms with Crippen LogP contribution in [0, 0.1) is 11.3 Å². The molecule has 0 spiro atoms. The number of nitrogens with zero attached hydrogens (tertiary/aromatic N) is 3. The molecule has 0 bridgehead atoms. The normalized spacial score (nSPS) is 29.4. The SMILES string of the molecule is COC1COCCC1N[C@@H]1C[C@H]2CN(S(=O)(=O)NCc3ccccc3)C[C@@]2(C(=O)N2CCc3ncc(C(F)(F)F)cc3C2)C1. The molecule has 4 heterocycles. The Kier molecular flexibility index (Phi) is 8.76. The molecule has 6 rings (SSSR count). The summed E-state index contributed by atoms with van der Waals surface area (Å²) in [6.45, 7) is 1.68. The van der Waals surface area contributed by atoms with Crippen LogP contribution in [0.3, 0.4) is 0 Å². The van der Waals surface area contributed by atoms with Crippen molar-refractivity contribution in [1.29, 1.82) is 0 Å². The smallest absolute Gasteiger partial charge is 0.379 e. The minimum Gasteiger partial charge on any atom is -0.379 e. The molecule has 10 nitrogen and oxygen atoms in total. The van der Waals surface area contributed by atoms with Crippen molar-refractivity contribution in [3.63, 3.8) is 0 Å². The summed E-state index contributed by atoms with van der Waals surface area (Å²) in [6, 6.07) is 10.2. The van der Waals surface area contributed by atoms with E-state index in [1.807, 2.05) is 30.3 Å². The number of amides is 1. The number of carbonyl (C=O) groups excluding carboxylic acids is 1. The van der Waals surface area contributed by atoms with Gasteiger partial charge in [0, 0.05) is 76.8 Å². The first-order valence-corrected chi connectivity index (χ1v) is 16.4. The number of methoxy groups -OCH3 is 1. The zero-order valence-electron chi connectivity index (χ0n) is 24.6. The van der Waals surface area contributed by atoms with E-state index in [4.69, 9.17) is 9.47 Å². The molecule has 1 amide bonds. The largest absolute Gasteiger partial charge is 0.417 e. The van der Waals surface area contributed by atoms with Crippen LogP contribution in [0.2, 0.25) is 0 Å². The number of rotatable bonds is 8. The second kappa shape index (κ2) is 12.3. The van der Waals surface area contributed by atoms with E-state index in [0.29, 0.717) is 50.3 Å². The molecule has 2 unspecified atom stereocenters. The minimum atomic E-state index is -4.54. The number of alkyl halides is 3. The average Bonchev–Trinajstić information content (AvgIpc) is 3.55. The summed E-state index contributed by atoms with van der Waals surface area (Å²) in [5.74, 6) is -0.478. The van der Waals surface area contributed by atoms with Gasteiger partial charge < -0.3 is 19.7 Å². The highest BCUT2D eigenvalue weighted by Crippen LogP contribution is 2.51. The lowest BCUT2D eigenvalue weighted by atomic mass is 9.78. The van der Waals surface area contributed by atoms with E-state index in [2.05, 4.69) is 15.0 Å². The Hall–Kier alpha value is -2.62. The van der Waals surface area contributed by atoms with Gasteiger partial charge in [-0.05, 0) is 42.4 Å². The highest BCUT2D eigenvalue weighted by molar-refractivity contribution is 7.87. The third-order valence-corrected chi connectivity index (χ3v) is 11.1. The number of carbonyl (C=O) groups is 1. The molecule has 5 atom stereocenters. The quantitative estimate of drug-likeness (QED) is 0.458. The van der Waals surface area contributed by atoms with Crippen molar-refractivity contribution in [2.75, 3.05) is 40.0 Å². The molecule has 3 aliphatic heterocycles. The fourth-order valence-electron chi connectivity index (χ4n) is 7.34. The summed E-state index contributed by atoms with van der Waals surface area (Å²) in [4.78, 5) is 20.1. The Morgan fingerprint density at radius 2 is 2.05 bits per heavy atom. The Bertz CT molecular complexity index is 1460. The number of halogens is 3. The van der Waals surface area contributed by atoms with Crippen LogP contribution in [0.5, 0.6) is 0 Å². The highest BCUT2D eigenvalue weighted by Gasteiger charge is 2.60. The second-order valence-corrected chi connectivity index (χ2v) is 14.1. The molecule has 1 aromatic carbocycles. The van der Waals surface area contributed by atoms with E-state index in [-0.39, 0.29) is 56.2 Å². The number of benzene rings is 1. The fraction of sp³-hybridized carbons (Fsp3) is 0.600. The van der Waals surface area contributed by atoms with Crippen LogP contribution < -0.4 is 10.0 Å². The highest BCUT2D eigenvalue weighted by atomic mass is 32.2. The van der Waals surface area contributed by atoms with Crippen molar-refractivity contribution in [1.82, 2.24) is 24.2 Å². The number of nitrogens with one attached hydrogen (secondary N) is 2. The van der Waals surface area contributed by atoms with Crippen LogP contribution in [-0.2, 0) is 50.2 Å². The minimum absolute atomic E-state index is 0.00235. The molecule has 2 N–H and O–H groups in total. The molecule has 1 aliphatic carbocycles. The maximum atomic E-state index is 14.5. The molecule has 4 aliphatic rings. The Morgan fingerprint density at radius 1 is 1.25 bits per heavy atom. The van der Waals surface area contributed by atoms with Crippen LogP contribution in [0.1, 0.15) is 41.6 Å². The Labute approximate surface area is 255 Å². The van der Waals surface area contributed by atoms with Crippen LogP contribution in [0.4, 0.5) is 13.2 Å². The predicted octanol–water partition coefficient (Wildman–Crippen LogP) is 2.49. The van der Waals surface area contributed by atoms with E-state index < -0.39 is 27.4 Å². The van der Waals surface area contributed by atoms with E-state index in [1.165, 1.54) is 4.31 Å². The molecule has 3 fully saturated rings. The number of pyridine rings is 1. The zero-order chi connectivity index (χ0) is 31.1. The first-order chi connectivity index (χ1) is 21.0. The number of fused-ring (bicyclic) bond motifs is 2. The second-order valence-electron chi connectivity index (χ2n) is 12.3. The summed E-state index contributed by atoms with van der Waals surface area (Å²) >= 11 is 0. The zero-order valence-corrected chi connectivity index (χ0v) is 25.4. The monoisotopic (exact) mass is 637 g/mol. The van der Waals surface area contributed by atoms with Gasteiger partial charge in [-0.25, -0.2) is 0 Å². The summed E-state index contributed by atoms with van der Waals surface area (Å²) in [7, 11) is -2.27. The lowest BCUT2D eigenvalue weighted by Crippen LogP contribution is -2.52. The van der Waals surface area contributed by atoms with E-state index in [9.17, 15) is 26.4 Å². The number of hydrogen-bond acceptors (Lipinski definition) is 7. The van der Waals surface area contributed by atoms with Crippen molar-refractivity contribution in [2.24, 2.45) is 11.3 Å². The summed E-state index contributed by atoms with van der Waals surface area (Å²) in [6.07, 6.45) is -1.75. The Balaban J connectivity index is 1.24. The van der Waals surface area contributed by atoms with E-state index >= 15 is 0 Å². The van der Waals surface area contributed by atoms with Crippen molar-refractivity contribution in [2.45, 2.75) is 63.1 Å². The van der Waals surface area contributed by atoms with Gasteiger partial charge in [-0.15, -0.1) is 0 Å². The van der Waals surface area contributed by atoms with Crippen LogP contribution in [0.15, 0.2) is 42.6 Å². The molecule has 240 valence electrons. The molecular formula is C30H38F3N5O5S. The molecule has 44 heavy (non-hydrogen) atoms. The van der Waals surface area contributed by atoms with Gasteiger partial charge in [-0.2, -0.15) is 30.6 Å². The molecule has 1 aromatic heterocycles. The van der Waals surface area contributed by atoms with Gasteiger partial charge >= 0.3 is 6.18 Å². The van der Waals surface area contributed by atoms with Crippen molar-refractivity contribution < 1.29 is 35.9 Å². The number of aromatic nitrogens is 1. The van der Waals surface area contributed by atoms with Crippen molar-refractivity contribution >= 4 is 16.1 Å². The van der Waals surface area contributed by atoms with E-state index in [0.717, 1.165) is 24.2 Å². The third kappa shape index (κ3) is 6.24. The first kappa shape index (κ1) is 31.4. The van der Waals surface area contributed by atoms with Gasteiger partial charge in [0.15, 0.2) is 0 Å². The first-order valence-electron chi connectivity index (χ1n) is 15.0. The van der Waals surface area contributed by atoms with Gasteiger partial charge in [0.25, 0.3) is 10.2 Å². The maximum absolute atomic E-state index is 14.5. The van der Waals surface area contributed by atoms with Crippen LogP contribution in [-0.4, -0.2) is 86.7 Å². The molecule has 2 aromatic rings. The topological polar surface area (TPSA) is 113 Å². The molecule has 0 radical (unpaired) electrons. The standard InChI is InChI=1S/C30H38F3N5O5S/c1-42-27-18-43-10-8-26(27)36-24-12-23-17-38(44(40,41)35-14-20-5-3-2-4-6-20)19-29(23,13-24)28(39)37-9-7-25-21(16-37)11-22(15-34-25)30(31,32)33/h2-6,11,15,23-24,26-27,35-36H,7-10,12-14,16-19H2,1H3/t23-,24+,26?,27?,29-/m0/s1. The summed E-state index contributed by atoms with van der Waals surface area (Å²) < 4.78 is 82.5. The predicted molar refractivity (Wildman–Crippen MR) is 154 cm³/mol. The fourth-order valence-corrected chi connectivity index (χ4v) is 8.64. The maximum Gasteiger partial charge on any atom is 0.417 e. The lowest BCUT2D eigenvalue weighted by molar-refractivity contribution is -0.143. The average molecular weight is 638 g/mol. The van der Waals surface area contributed by atoms with Crippen LogP contribution in [0.25, 0.3) is 0 Å². The lowest BCUT2D eigenvalue weighted by Gasteiger charge is -2.37. The van der Waals surface area contributed by atoms with Gasteiger partial charge in [0.05, 0.1) is 23.7 Å². The third-order valence-electron chi connectivity index (χ3n) is 9.62. The van der Waals surface area contributed by atoms with Crippen molar-refractivity contribution in [3.05, 3.63) is 65.0 Å². The van der Waals surface area contributed by atoms with Gasteiger partial charge in [-0.3, -0.25) is 9.78 Å². The number of hydrogen-bond donors (Lipinski definition) is 2. The van der Waals surface area contributed by atoms with Crippen LogP contribution >= 0.6 is 0 Å². The summed E-state index contributed by atoms with van der Waals surface area (Å²) in [5, 5.41) is 3.68. The molecule has 1 saturated carbocycles. The molecular weight excluding hydrogens is 599 g/mol. The molecule has 2 saturated heterocycles. The van der Waals surface area contributed by atoms with Gasteiger partial charge in [0.1, 0.15) is 0 Å². The molecule has 14 heteroatoms. The number of ether oxygens (including phenoxy) is 2.